The molecule has 0 aromatic heterocycles. The minimum atomic E-state index is 0.511. The SMILES string of the molecule is CC1(C)CCC(Nc2ccc3c(c2)CCO3)C1. The Balaban J connectivity index is 1.70. The van der Waals surface area contributed by atoms with Gasteiger partial charge in [0.15, 0.2) is 0 Å². The summed E-state index contributed by atoms with van der Waals surface area (Å²) in [6, 6.07) is 7.15. The topological polar surface area (TPSA) is 21.3 Å². The zero-order chi connectivity index (χ0) is 11.9. The van der Waals surface area contributed by atoms with E-state index >= 15 is 0 Å². The molecule has 1 unspecified atom stereocenters. The summed E-state index contributed by atoms with van der Waals surface area (Å²) in [4.78, 5) is 0. The van der Waals surface area contributed by atoms with E-state index in [1.807, 2.05) is 0 Å². The summed E-state index contributed by atoms with van der Waals surface area (Å²) in [6.45, 7) is 5.58. The van der Waals surface area contributed by atoms with E-state index in [-0.39, 0.29) is 0 Å². The third-order valence-electron chi connectivity index (χ3n) is 4.03. The molecule has 0 radical (unpaired) electrons. The first-order valence-corrected chi connectivity index (χ1v) is 6.65. The number of hydrogen-bond donors (Lipinski definition) is 1. The third kappa shape index (κ3) is 2.26. The van der Waals surface area contributed by atoms with Crippen LogP contribution in [0.5, 0.6) is 5.75 Å². The summed E-state index contributed by atoms with van der Waals surface area (Å²) in [6.07, 6.45) is 4.96. The van der Waals surface area contributed by atoms with Crippen LogP contribution in [0.15, 0.2) is 18.2 Å². The highest BCUT2D eigenvalue weighted by atomic mass is 16.5. The molecule has 1 aliphatic carbocycles. The molecule has 1 N–H and O–H groups in total. The monoisotopic (exact) mass is 231 g/mol. The van der Waals surface area contributed by atoms with Crippen molar-refractivity contribution in [1.82, 2.24) is 0 Å². The molecule has 1 saturated carbocycles. The number of hydrogen-bond acceptors (Lipinski definition) is 2. The maximum absolute atomic E-state index is 5.53. The number of anilines is 1. The van der Waals surface area contributed by atoms with Crippen LogP contribution in [-0.2, 0) is 6.42 Å². The fraction of sp³-hybridized carbons (Fsp3) is 0.600. The second-order valence-corrected chi connectivity index (χ2v) is 6.17. The second-order valence-electron chi connectivity index (χ2n) is 6.17. The summed E-state index contributed by atoms with van der Waals surface area (Å²) < 4.78 is 5.53. The van der Waals surface area contributed by atoms with E-state index in [1.54, 1.807) is 0 Å². The van der Waals surface area contributed by atoms with Gasteiger partial charge in [0.1, 0.15) is 5.75 Å². The largest absolute Gasteiger partial charge is 0.493 e. The van der Waals surface area contributed by atoms with E-state index in [0.717, 1.165) is 18.8 Å². The summed E-state index contributed by atoms with van der Waals surface area (Å²) >= 11 is 0. The lowest BCUT2D eigenvalue weighted by molar-refractivity contribution is 0.357. The van der Waals surface area contributed by atoms with Gasteiger partial charge < -0.3 is 10.1 Å². The van der Waals surface area contributed by atoms with Crippen LogP contribution in [0.1, 0.15) is 38.7 Å². The first kappa shape index (κ1) is 10.9. The van der Waals surface area contributed by atoms with Crippen molar-refractivity contribution in [2.45, 2.75) is 45.6 Å². The van der Waals surface area contributed by atoms with Gasteiger partial charge in [-0.15, -0.1) is 0 Å². The Kier molecular flexibility index (Phi) is 2.53. The van der Waals surface area contributed by atoms with Crippen molar-refractivity contribution in [3.05, 3.63) is 23.8 Å². The average Bonchev–Trinajstić information content (AvgIpc) is 2.84. The molecule has 1 aromatic carbocycles. The van der Waals surface area contributed by atoms with Gasteiger partial charge in [-0.2, -0.15) is 0 Å². The molecule has 92 valence electrons. The van der Waals surface area contributed by atoms with Crippen molar-refractivity contribution >= 4 is 5.69 Å². The van der Waals surface area contributed by atoms with E-state index in [0.29, 0.717) is 11.5 Å². The van der Waals surface area contributed by atoms with E-state index in [1.165, 1.54) is 30.5 Å². The van der Waals surface area contributed by atoms with Crippen LogP contribution in [0, 0.1) is 5.41 Å². The summed E-state index contributed by atoms with van der Waals surface area (Å²) in [5.74, 6) is 1.07. The Morgan fingerprint density at radius 1 is 1.35 bits per heavy atom. The average molecular weight is 231 g/mol. The fourth-order valence-corrected chi connectivity index (χ4v) is 3.07. The molecule has 0 spiro atoms. The highest BCUT2D eigenvalue weighted by Crippen LogP contribution is 2.38. The number of nitrogens with one attached hydrogen (secondary N) is 1. The predicted octanol–water partition coefficient (Wildman–Crippen LogP) is 3.61. The fourth-order valence-electron chi connectivity index (χ4n) is 3.07. The molecule has 2 aliphatic rings. The molecule has 2 heteroatoms. The Morgan fingerprint density at radius 2 is 2.24 bits per heavy atom. The van der Waals surface area contributed by atoms with Crippen LogP contribution in [0.4, 0.5) is 5.69 Å². The van der Waals surface area contributed by atoms with Gasteiger partial charge in [-0.05, 0) is 48.4 Å². The first-order valence-electron chi connectivity index (χ1n) is 6.65. The zero-order valence-corrected chi connectivity index (χ0v) is 10.8. The molecule has 1 fully saturated rings. The molecular weight excluding hydrogens is 210 g/mol. The third-order valence-corrected chi connectivity index (χ3v) is 4.03. The minimum Gasteiger partial charge on any atom is -0.493 e. The molecule has 1 aromatic rings. The van der Waals surface area contributed by atoms with Crippen LogP contribution in [-0.4, -0.2) is 12.6 Å². The van der Waals surface area contributed by atoms with Crippen molar-refractivity contribution in [1.29, 1.82) is 0 Å². The Bertz CT molecular complexity index is 425. The molecule has 3 rings (SSSR count). The van der Waals surface area contributed by atoms with Gasteiger partial charge in [-0.3, -0.25) is 0 Å². The van der Waals surface area contributed by atoms with Crippen molar-refractivity contribution in [3.63, 3.8) is 0 Å². The lowest BCUT2D eigenvalue weighted by Crippen LogP contribution is -2.17. The van der Waals surface area contributed by atoms with Crippen LogP contribution < -0.4 is 10.1 Å². The lowest BCUT2D eigenvalue weighted by atomic mass is 9.92. The molecule has 1 aliphatic heterocycles. The highest BCUT2D eigenvalue weighted by molar-refractivity contribution is 5.53. The van der Waals surface area contributed by atoms with Gasteiger partial charge in [0.05, 0.1) is 6.61 Å². The molecular formula is C15H21NO. The molecule has 2 nitrogen and oxygen atoms in total. The quantitative estimate of drug-likeness (QED) is 0.839. The Morgan fingerprint density at radius 3 is 3.00 bits per heavy atom. The summed E-state index contributed by atoms with van der Waals surface area (Å²) in [7, 11) is 0. The van der Waals surface area contributed by atoms with Gasteiger partial charge in [-0.25, -0.2) is 0 Å². The number of ether oxygens (including phenoxy) is 1. The maximum atomic E-state index is 5.53. The van der Waals surface area contributed by atoms with Crippen LogP contribution in [0.2, 0.25) is 0 Å². The first-order chi connectivity index (χ1) is 8.12. The molecule has 0 amide bonds. The minimum absolute atomic E-state index is 0.511. The van der Waals surface area contributed by atoms with E-state index in [2.05, 4.69) is 37.4 Å². The van der Waals surface area contributed by atoms with Crippen molar-refractivity contribution in [2.24, 2.45) is 5.41 Å². The smallest absolute Gasteiger partial charge is 0.122 e. The van der Waals surface area contributed by atoms with Crippen molar-refractivity contribution in [3.8, 4) is 5.75 Å². The molecule has 17 heavy (non-hydrogen) atoms. The van der Waals surface area contributed by atoms with Crippen LogP contribution >= 0.6 is 0 Å². The number of rotatable bonds is 2. The Hall–Kier alpha value is -1.18. The van der Waals surface area contributed by atoms with Crippen molar-refractivity contribution in [2.75, 3.05) is 11.9 Å². The van der Waals surface area contributed by atoms with E-state index in [9.17, 15) is 0 Å². The van der Waals surface area contributed by atoms with E-state index in [4.69, 9.17) is 4.74 Å². The second kappa shape index (κ2) is 3.94. The zero-order valence-electron chi connectivity index (χ0n) is 10.8. The maximum Gasteiger partial charge on any atom is 0.122 e. The van der Waals surface area contributed by atoms with Gasteiger partial charge in [0.25, 0.3) is 0 Å². The van der Waals surface area contributed by atoms with Gasteiger partial charge in [0, 0.05) is 18.2 Å². The van der Waals surface area contributed by atoms with Crippen molar-refractivity contribution < 1.29 is 4.74 Å². The normalized spacial score (nSPS) is 25.4. The summed E-state index contributed by atoms with van der Waals surface area (Å²) in [5.41, 5.74) is 3.13. The standard InChI is InChI=1S/C15H21NO/c1-15(2)7-5-13(10-15)16-12-3-4-14-11(9-12)6-8-17-14/h3-4,9,13,16H,5-8,10H2,1-2H3. The molecule has 0 saturated heterocycles. The lowest BCUT2D eigenvalue weighted by Gasteiger charge is -2.19. The summed E-state index contributed by atoms with van der Waals surface area (Å²) in [5, 5.41) is 3.67. The van der Waals surface area contributed by atoms with Gasteiger partial charge in [0.2, 0.25) is 0 Å². The highest BCUT2D eigenvalue weighted by Gasteiger charge is 2.30. The van der Waals surface area contributed by atoms with Gasteiger partial charge >= 0.3 is 0 Å². The van der Waals surface area contributed by atoms with Crippen LogP contribution in [0.3, 0.4) is 0 Å². The predicted molar refractivity (Wildman–Crippen MR) is 70.7 cm³/mol. The number of fused-ring (bicyclic) bond motifs is 1. The van der Waals surface area contributed by atoms with Gasteiger partial charge in [-0.1, -0.05) is 13.8 Å². The molecule has 0 bridgehead atoms. The number of benzene rings is 1. The molecule has 1 atom stereocenters. The van der Waals surface area contributed by atoms with E-state index < -0.39 is 0 Å². The molecule has 1 heterocycles. The Labute approximate surface area is 103 Å². The van der Waals surface area contributed by atoms with Crippen LogP contribution in [0.25, 0.3) is 0 Å².